The molecule has 1 aliphatic carbocycles. The molecule has 1 aliphatic rings. The number of rotatable bonds is 2. The van der Waals surface area contributed by atoms with Crippen molar-refractivity contribution in [3.63, 3.8) is 0 Å². The smallest absolute Gasteiger partial charge is 0.219 e. The van der Waals surface area contributed by atoms with Crippen molar-refractivity contribution in [1.29, 1.82) is 0 Å². The highest BCUT2D eigenvalue weighted by Gasteiger charge is 2.41. The lowest BCUT2D eigenvalue weighted by molar-refractivity contribution is -0.120. The van der Waals surface area contributed by atoms with E-state index in [9.17, 15) is 4.79 Å². The number of primary amides is 1. The molecule has 1 amide bonds. The summed E-state index contributed by atoms with van der Waals surface area (Å²) in [5, 5.41) is 0. The van der Waals surface area contributed by atoms with Crippen molar-refractivity contribution < 1.29 is 4.79 Å². The van der Waals surface area contributed by atoms with Crippen molar-refractivity contribution in [2.24, 2.45) is 17.4 Å². The van der Waals surface area contributed by atoms with Gasteiger partial charge in [-0.15, -0.1) is 0 Å². The third-order valence-corrected chi connectivity index (χ3v) is 2.53. The number of amides is 1. The van der Waals surface area contributed by atoms with Crippen molar-refractivity contribution in [2.45, 2.75) is 31.7 Å². The predicted octanol–water partition coefficient (Wildman–Crippen LogP) is -0.0108. The van der Waals surface area contributed by atoms with Gasteiger partial charge < -0.3 is 11.5 Å². The number of carbonyl (C=O) groups excluding carboxylic acids is 1. The van der Waals surface area contributed by atoms with E-state index in [0.29, 0.717) is 12.3 Å². The van der Waals surface area contributed by atoms with E-state index in [1.807, 2.05) is 0 Å². The fraction of sp³-hybridized carbons (Fsp3) is 0.857. The monoisotopic (exact) mass is 142 g/mol. The van der Waals surface area contributed by atoms with Crippen LogP contribution in [0, 0.1) is 5.92 Å². The largest absolute Gasteiger partial charge is 0.370 e. The molecule has 4 N–H and O–H groups in total. The lowest BCUT2D eigenvalue weighted by atomic mass is 9.66. The van der Waals surface area contributed by atoms with Gasteiger partial charge in [0.25, 0.3) is 0 Å². The van der Waals surface area contributed by atoms with Crippen LogP contribution < -0.4 is 11.5 Å². The van der Waals surface area contributed by atoms with Gasteiger partial charge in [0.1, 0.15) is 0 Å². The summed E-state index contributed by atoms with van der Waals surface area (Å²) in [6, 6.07) is 0. The summed E-state index contributed by atoms with van der Waals surface area (Å²) in [4.78, 5) is 10.5. The van der Waals surface area contributed by atoms with Crippen molar-refractivity contribution in [2.75, 3.05) is 0 Å². The molecule has 3 heteroatoms. The van der Waals surface area contributed by atoms with Crippen LogP contribution in [0.2, 0.25) is 0 Å². The molecule has 2 unspecified atom stereocenters. The molecule has 1 rings (SSSR count). The van der Waals surface area contributed by atoms with Crippen molar-refractivity contribution in [3.05, 3.63) is 0 Å². The van der Waals surface area contributed by atoms with Gasteiger partial charge in [-0.3, -0.25) is 4.79 Å². The second-order valence-corrected chi connectivity index (χ2v) is 3.32. The Labute approximate surface area is 60.8 Å². The Morgan fingerprint density at radius 2 is 2.40 bits per heavy atom. The second kappa shape index (κ2) is 2.23. The molecule has 1 fully saturated rings. The standard InChI is InChI=1S/C7H14N2O/c1-5-2-3-7(5,9)4-6(8)10/h5H,2-4,9H2,1H3,(H2,8,10). The van der Waals surface area contributed by atoms with Crippen LogP contribution in [-0.2, 0) is 4.79 Å². The maximum absolute atomic E-state index is 10.5. The Kier molecular flexibility index (Phi) is 1.68. The molecule has 2 atom stereocenters. The molecular formula is C7H14N2O. The number of carbonyl (C=O) groups is 1. The van der Waals surface area contributed by atoms with Gasteiger partial charge in [-0.25, -0.2) is 0 Å². The fourth-order valence-corrected chi connectivity index (χ4v) is 1.39. The molecule has 0 aromatic carbocycles. The number of hydrogen-bond donors (Lipinski definition) is 2. The lowest BCUT2D eigenvalue weighted by Crippen LogP contribution is -2.55. The first-order valence-corrected chi connectivity index (χ1v) is 3.62. The van der Waals surface area contributed by atoms with E-state index in [0.717, 1.165) is 12.8 Å². The van der Waals surface area contributed by atoms with Gasteiger partial charge in [0.15, 0.2) is 0 Å². The Hall–Kier alpha value is -0.570. The van der Waals surface area contributed by atoms with Gasteiger partial charge >= 0.3 is 0 Å². The van der Waals surface area contributed by atoms with Crippen LogP contribution >= 0.6 is 0 Å². The molecule has 0 aromatic heterocycles. The van der Waals surface area contributed by atoms with E-state index in [1.165, 1.54) is 0 Å². The minimum absolute atomic E-state index is 0.272. The molecule has 58 valence electrons. The lowest BCUT2D eigenvalue weighted by Gasteiger charge is -2.44. The molecule has 0 aliphatic heterocycles. The molecule has 0 spiro atoms. The molecular weight excluding hydrogens is 128 g/mol. The first-order chi connectivity index (χ1) is 4.54. The summed E-state index contributed by atoms with van der Waals surface area (Å²) in [5.41, 5.74) is 10.6. The second-order valence-electron chi connectivity index (χ2n) is 3.32. The Morgan fingerprint density at radius 1 is 1.80 bits per heavy atom. The van der Waals surface area contributed by atoms with E-state index in [4.69, 9.17) is 11.5 Å². The van der Waals surface area contributed by atoms with Crippen molar-refractivity contribution >= 4 is 5.91 Å². The van der Waals surface area contributed by atoms with Gasteiger partial charge in [-0.1, -0.05) is 6.92 Å². The molecule has 1 saturated carbocycles. The zero-order valence-corrected chi connectivity index (χ0v) is 6.26. The third-order valence-electron chi connectivity index (χ3n) is 2.53. The highest BCUT2D eigenvalue weighted by Crippen LogP contribution is 2.38. The van der Waals surface area contributed by atoms with Crippen molar-refractivity contribution in [3.8, 4) is 0 Å². The molecule has 3 nitrogen and oxygen atoms in total. The van der Waals surface area contributed by atoms with Crippen molar-refractivity contribution in [1.82, 2.24) is 0 Å². The van der Waals surface area contributed by atoms with Crippen LogP contribution in [0.1, 0.15) is 26.2 Å². The minimum Gasteiger partial charge on any atom is -0.370 e. The van der Waals surface area contributed by atoms with Gasteiger partial charge in [-0.2, -0.15) is 0 Å². The molecule has 0 aromatic rings. The highest BCUT2D eigenvalue weighted by atomic mass is 16.1. The van der Waals surface area contributed by atoms with E-state index in [1.54, 1.807) is 0 Å². The van der Waals surface area contributed by atoms with Gasteiger partial charge in [0.2, 0.25) is 5.91 Å². The predicted molar refractivity (Wildman–Crippen MR) is 39.1 cm³/mol. The highest BCUT2D eigenvalue weighted by molar-refractivity contribution is 5.75. The quantitative estimate of drug-likeness (QED) is 0.569. The average molecular weight is 142 g/mol. The average Bonchev–Trinajstić information content (AvgIpc) is 1.84. The Morgan fingerprint density at radius 3 is 2.50 bits per heavy atom. The molecule has 10 heavy (non-hydrogen) atoms. The van der Waals surface area contributed by atoms with E-state index < -0.39 is 0 Å². The summed E-state index contributed by atoms with van der Waals surface area (Å²) in [6.45, 7) is 2.06. The number of nitrogens with two attached hydrogens (primary N) is 2. The molecule has 0 heterocycles. The topological polar surface area (TPSA) is 69.1 Å². The molecule has 0 radical (unpaired) electrons. The van der Waals surface area contributed by atoms with Crippen LogP contribution in [0.4, 0.5) is 0 Å². The van der Waals surface area contributed by atoms with E-state index in [-0.39, 0.29) is 11.4 Å². The van der Waals surface area contributed by atoms with E-state index in [2.05, 4.69) is 6.92 Å². The van der Waals surface area contributed by atoms with Gasteiger partial charge in [-0.05, 0) is 18.8 Å². The van der Waals surface area contributed by atoms with Crippen LogP contribution in [-0.4, -0.2) is 11.4 Å². The minimum atomic E-state index is -0.283. The third kappa shape index (κ3) is 1.14. The summed E-state index contributed by atoms with van der Waals surface area (Å²) in [7, 11) is 0. The first kappa shape index (κ1) is 7.54. The van der Waals surface area contributed by atoms with Crippen LogP contribution in [0.5, 0.6) is 0 Å². The summed E-state index contributed by atoms with van der Waals surface area (Å²) in [5.74, 6) is 0.175. The Balaban J connectivity index is 2.45. The molecule has 0 bridgehead atoms. The fourth-order valence-electron chi connectivity index (χ4n) is 1.39. The molecule has 0 saturated heterocycles. The summed E-state index contributed by atoms with van der Waals surface area (Å²) < 4.78 is 0. The van der Waals surface area contributed by atoms with Crippen LogP contribution in [0.25, 0.3) is 0 Å². The maximum atomic E-state index is 10.5. The summed E-state index contributed by atoms with van der Waals surface area (Å²) >= 11 is 0. The maximum Gasteiger partial charge on any atom is 0.219 e. The van der Waals surface area contributed by atoms with Crippen LogP contribution in [0.3, 0.4) is 0 Å². The van der Waals surface area contributed by atoms with Crippen LogP contribution in [0.15, 0.2) is 0 Å². The zero-order valence-electron chi connectivity index (χ0n) is 6.26. The normalized spacial score (nSPS) is 38.8. The Bertz CT molecular complexity index is 158. The van der Waals surface area contributed by atoms with E-state index >= 15 is 0 Å². The zero-order chi connectivity index (χ0) is 7.78. The summed E-state index contributed by atoms with van der Waals surface area (Å²) in [6.07, 6.45) is 2.41. The first-order valence-electron chi connectivity index (χ1n) is 3.62. The number of hydrogen-bond acceptors (Lipinski definition) is 2. The SMILES string of the molecule is CC1CCC1(N)CC(N)=O. The van der Waals surface area contributed by atoms with Gasteiger partial charge in [0, 0.05) is 12.0 Å². The van der Waals surface area contributed by atoms with Gasteiger partial charge in [0.05, 0.1) is 0 Å².